The number of aromatic nitrogens is 2. The van der Waals surface area contributed by atoms with Gasteiger partial charge in [-0.15, -0.1) is 6.58 Å². The van der Waals surface area contributed by atoms with E-state index in [1.807, 2.05) is 55.5 Å². The molecule has 0 saturated heterocycles. The van der Waals surface area contributed by atoms with Crippen molar-refractivity contribution in [2.24, 2.45) is 5.10 Å². The van der Waals surface area contributed by atoms with Crippen molar-refractivity contribution < 1.29 is 9.47 Å². The second kappa shape index (κ2) is 13.2. The van der Waals surface area contributed by atoms with E-state index in [9.17, 15) is 4.79 Å². The molecule has 5 rings (SSSR count). The molecule has 1 aromatic heterocycles. The van der Waals surface area contributed by atoms with E-state index in [0.29, 0.717) is 47.9 Å². The van der Waals surface area contributed by atoms with Gasteiger partial charge in [0.2, 0.25) is 0 Å². The lowest BCUT2D eigenvalue weighted by atomic mass is 10.0. The van der Waals surface area contributed by atoms with Crippen LogP contribution in [0, 0.1) is 0 Å². The summed E-state index contributed by atoms with van der Waals surface area (Å²) >= 11 is 3.47. The number of ether oxygens (including phenoxy) is 2. The molecule has 7 heteroatoms. The highest BCUT2D eigenvalue weighted by Gasteiger charge is 2.17. The quantitative estimate of drug-likeness (QED) is 0.109. The Balaban J connectivity index is 1.55. The number of benzene rings is 4. The van der Waals surface area contributed by atoms with Crippen molar-refractivity contribution in [2.45, 2.75) is 46.1 Å². The van der Waals surface area contributed by atoms with Crippen LogP contribution in [0.5, 0.6) is 11.5 Å². The molecule has 42 heavy (non-hydrogen) atoms. The summed E-state index contributed by atoms with van der Waals surface area (Å²) in [7, 11) is 0. The lowest BCUT2D eigenvalue weighted by molar-refractivity contribution is 0.268. The van der Waals surface area contributed by atoms with Crippen LogP contribution in [0.15, 0.2) is 99.8 Å². The average molecular weight is 625 g/mol. The fourth-order valence-corrected chi connectivity index (χ4v) is 5.32. The number of rotatable bonds is 11. The SMILES string of the molecule is C=CCc1cc(C=Nn2c([C@H](C)CC)nc3ccc(Br)cc3c2=O)cc(OCC)c1OCc1cccc2ccccc12. The smallest absolute Gasteiger partial charge is 0.282 e. The van der Waals surface area contributed by atoms with Gasteiger partial charge >= 0.3 is 0 Å². The first kappa shape index (κ1) is 29.3. The Labute approximate surface area is 254 Å². The second-order valence-corrected chi connectivity index (χ2v) is 11.1. The van der Waals surface area contributed by atoms with Crippen LogP contribution in [0.2, 0.25) is 0 Å². The predicted molar refractivity (Wildman–Crippen MR) is 175 cm³/mol. The van der Waals surface area contributed by atoms with Crippen molar-refractivity contribution in [1.29, 1.82) is 0 Å². The van der Waals surface area contributed by atoms with Gasteiger partial charge < -0.3 is 9.47 Å². The highest BCUT2D eigenvalue weighted by Crippen LogP contribution is 2.35. The van der Waals surface area contributed by atoms with Crippen molar-refractivity contribution in [3.63, 3.8) is 0 Å². The normalized spacial score (nSPS) is 12.2. The second-order valence-electron chi connectivity index (χ2n) is 10.2. The Hall–Kier alpha value is -4.23. The van der Waals surface area contributed by atoms with Gasteiger partial charge in [-0.05, 0) is 72.0 Å². The fraction of sp³-hybridized carbons (Fsp3) is 0.229. The van der Waals surface area contributed by atoms with Gasteiger partial charge in [0, 0.05) is 16.0 Å². The first-order valence-corrected chi connectivity index (χ1v) is 15.0. The summed E-state index contributed by atoms with van der Waals surface area (Å²) in [5.41, 5.74) is 3.25. The zero-order valence-electron chi connectivity index (χ0n) is 24.1. The molecule has 0 aliphatic rings. The van der Waals surface area contributed by atoms with E-state index >= 15 is 0 Å². The van der Waals surface area contributed by atoms with Gasteiger partial charge in [-0.25, -0.2) is 4.98 Å². The Bertz CT molecular complexity index is 1840. The van der Waals surface area contributed by atoms with E-state index in [4.69, 9.17) is 14.5 Å². The maximum Gasteiger partial charge on any atom is 0.282 e. The molecule has 0 spiro atoms. The number of allylic oxidation sites excluding steroid dienone is 1. The minimum absolute atomic E-state index is 0.0445. The number of nitrogens with zero attached hydrogens (tertiary/aromatic N) is 3. The largest absolute Gasteiger partial charge is 0.490 e. The molecule has 5 aromatic rings. The number of hydrogen-bond donors (Lipinski definition) is 0. The summed E-state index contributed by atoms with van der Waals surface area (Å²) < 4.78 is 14.7. The highest BCUT2D eigenvalue weighted by molar-refractivity contribution is 9.10. The van der Waals surface area contributed by atoms with Gasteiger partial charge in [-0.3, -0.25) is 4.79 Å². The zero-order valence-corrected chi connectivity index (χ0v) is 25.7. The summed E-state index contributed by atoms with van der Waals surface area (Å²) in [6, 6.07) is 24.0. The minimum Gasteiger partial charge on any atom is -0.490 e. The molecule has 6 nitrogen and oxygen atoms in total. The molecule has 0 N–H and O–H groups in total. The molecule has 0 aliphatic carbocycles. The van der Waals surface area contributed by atoms with Crippen LogP contribution in [0.25, 0.3) is 21.7 Å². The maximum atomic E-state index is 13.6. The summed E-state index contributed by atoms with van der Waals surface area (Å²) in [5.74, 6) is 1.97. The zero-order chi connectivity index (χ0) is 29.6. The molecular formula is C35H34BrN3O3. The summed E-state index contributed by atoms with van der Waals surface area (Å²) in [6.45, 7) is 10.9. The molecule has 214 valence electrons. The third kappa shape index (κ3) is 6.16. The Morgan fingerprint density at radius 3 is 2.60 bits per heavy atom. The van der Waals surface area contributed by atoms with Gasteiger partial charge in [-0.2, -0.15) is 9.78 Å². The highest BCUT2D eigenvalue weighted by atomic mass is 79.9. The van der Waals surface area contributed by atoms with Gasteiger partial charge in [0.05, 0.1) is 23.7 Å². The van der Waals surface area contributed by atoms with E-state index in [1.165, 1.54) is 10.1 Å². The van der Waals surface area contributed by atoms with Crippen LogP contribution < -0.4 is 15.0 Å². The Morgan fingerprint density at radius 2 is 1.81 bits per heavy atom. The number of fused-ring (bicyclic) bond motifs is 2. The molecular weight excluding hydrogens is 590 g/mol. The predicted octanol–water partition coefficient (Wildman–Crippen LogP) is 8.41. The first-order valence-electron chi connectivity index (χ1n) is 14.2. The molecule has 0 bridgehead atoms. The van der Waals surface area contributed by atoms with Gasteiger partial charge in [0.1, 0.15) is 12.4 Å². The van der Waals surface area contributed by atoms with Gasteiger partial charge in [-0.1, -0.05) is 78.3 Å². The first-order chi connectivity index (χ1) is 20.4. The van der Waals surface area contributed by atoms with Crippen LogP contribution in [-0.4, -0.2) is 22.5 Å². The van der Waals surface area contributed by atoms with E-state index < -0.39 is 0 Å². The van der Waals surface area contributed by atoms with Gasteiger partial charge in [0.15, 0.2) is 11.5 Å². The molecule has 0 fully saturated rings. The third-order valence-electron chi connectivity index (χ3n) is 7.28. The molecule has 4 aromatic carbocycles. The number of halogens is 1. The van der Waals surface area contributed by atoms with E-state index in [2.05, 4.69) is 65.7 Å². The van der Waals surface area contributed by atoms with E-state index in [-0.39, 0.29) is 11.5 Å². The molecule has 0 unspecified atom stereocenters. The Kier molecular flexibility index (Phi) is 9.18. The van der Waals surface area contributed by atoms with Crippen molar-refractivity contribution in [1.82, 2.24) is 9.66 Å². The van der Waals surface area contributed by atoms with Crippen molar-refractivity contribution in [2.75, 3.05) is 6.61 Å². The van der Waals surface area contributed by atoms with E-state index in [1.54, 1.807) is 12.3 Å². The third-order valence-corrected chi connectivity index (χ3v) is 7.77. The fourth-order valence-electron chi connectivity index (χ4n) is 4.96. The topological polar surface area (TPSA) is 65.7 Å². The number of hydrogen-bond acceptors (Lipinski definition) is 5. The van der Waals surface area contributed by atoms with Crippen molar-refractivity contribution >= 4 is 43.8 Å². The molecule has 1 heterocycles. The maximum absolute atomic E-state index is 13.6. The molecule has 1 atom stereocenters. The lowest BCUT2D eigenvalue weighted by Gasteiger charge is -2.17. The van der Waals surface area contributed by atoms with Crippen LogP contribution in [0.1, 0.15) is 55.6 Å². The van der Waals surface area contributed by atoms with Crippen LogP contribution >= 0.6 is 15.9 Å². The molecule has 0 amide bonds. The molecule has 0 aliphatic heterocycles. The van der Waals surface area contributed by atoms with Crippen molar-refractivity contribution in [3.05, 3.63) is 123 Å². The van der Waals surface area contributed by atoms with Crippen LogP contribution in [0.4, 0.5) is 0 Å². The Morgan fingerprint density at radius 1 is 1.00 bits per heavy atom. The van der Waals surface area contributed by atoms with Crippen LogP contribution in [0.3, 0.4) is 0 Å². The lowest BCUT2D eigenvalue weighted by Crippen LogP contribution is -2.23. The van der Waals surface area contributed by atoms with E-state index in [0.717, 1.165) is 33.0 Å². The van der Waals surface area contributed by atoms with Crippen molar-refractivity contribution in [3.8, 4) is 11.5 Å². The minimum atomic E-state index is -0.209. The van der Waals surface area contributed by atoms with Gasteiger partial charge in [0.25, 0.3) is 5.56 Å². The summed E-state index contributed by atoms with van der Waals surface area (Å²) in [5, 5.41) is 7.50. The molecule has 0 saturated carbocycles. The standard InChI is InChI=1S/C35H34BrN3O3/c1-5-11-26-18-24(21-37-39-34(23(4)6-2)38-31-17-16-28(36)20-30(31)35(39)40)19-32(41-7-3)33(26)42-22-27-14-10-13-25-12-8-9-15-29(25)27/h5,8-10,12-21,23H,1,6-7,11,22H2,2-4H3/t23-/m1/s1. The molecule has 0 radical (unpaired) electrons. The summed E-state index contributed by atoms with van der Waals surface area (Å²) in [4.78, 5) is 18.4. The average Bonchev–Trinajstić information content (AvgIpc) is 3.00. The van der Waals surface area contributed by atoms with Crippen LogP contribution in [-0.2, 0) is 13.0 Å². The summed E-state index contributed by atoms with van der Waals surface area (Å²) in [6.07, 6.45) is 4.93. The monoisotopic (exact) mass is 623 g/mol.